The zero-order valence-electron chi connectivity index (χ0n) is 18.0. The number of carboxylic acid groups (broad SMARTS) is 1. The Bertz CT molecular complexity index is 884. The van der Waals surface area contributed by atoms with Gasteiger partial charge < -0.3 is 25.0 Å². The Morgan fingerprint density at radius 2 is 2.00 bits per heavy atom. The lowest BCUT2D eigenvalue weighted by Crippen LogP contribution is -2.46. The Balaban J connectivity index is 1.78. The number of benzene rings is 1. The maximum Gasteiger partial charge on any atom is 0.316 e. The molecule has 1 amide bonds. The molecule has 164 valence electrons. The van der Waals surface area contributed by atoms with Crippen LogP contribution in [0, 0.1) is 17.7 Å². The van der Waals surface area contributed by atoms with Crippen LogP contribution in [0.5, 0.6) is 5.75 Å². The molecule has 1 aliphatic carbocycles. The first-order valence-corrected chi connectivity index (χ1v) is 10.6. The van der Waals surface area contributed by atoms with Gasteiger partial charge in [-0.3, -0.25) is 9.59 Å². The van der Waals surface area contributed by atoms with Crippen LogP contribution in [0.3, 0.4) is 0 Å². The molecular formula is C22H30FN3O4. The zero-order valence-corrected chi connectivity index (χ0v) is 18.0. The number of halogens is 1. The van der Waals surface area contributed by atoms with Crippen molar-refractivity contribution in [3.05, 3.63) is 17.4 Å². The Hall–Kier alpha value is -2.35. The van der Waals surface area contributed by atoms with E-state index in [1.54, 1.807) is 4.90 Å². The van der Waals surface area contributed by atoms with Crippen molar-refractivity contribution in [2.24, 2.45) is 11.8 Å². The lowest BCUT2D eigenvalue weighted by Gasteiger charge is -2.36. The Morgan fingerprint density at radius 1 is 1.30 bits per heavy atom. The number of carbonyl (C=O) groups excluding carboxylic acids is 1. The van der Waals surface area contributed by atoms with Crippen molar-refractivity contribution in [1.29, 1.82) is 0 Å². The highest BCUT2D eigenvalue weighted by molar-refractivity contribution is 6.10. The summed E-state index contributed by atoms with van der Waals surface area (Å²) in [6.07, 6.45) is 2.53. The highest BCUT2D eigenvalue weighted by atomic mass is 19.1. The van der Waals surface area contributed by atoms with Gasteiger partial charge in [-0.1, -0.05) is 0 Å². The van der Waals surface area contributed by atoms with Gasteiger partial charge in [0.05, 0.1) is 12.8 Å². The maximum atomic E-state index is 15.4. The number of carboxylic acids is 1. The van der Waals surface area contributed by atoms with Crippen molar-refractivity contribution in [2.75, 3.05) is 37.0 Å². The molecule has 2 atom stereocenters. The fourth-order valence-electron chi connectivity index (χ4n) is 4.79. The van der Waals surface area contributed by atoms with Crippen LogP contribution in [0.2, 0.25) is 0 Å². The number of fused-ring (bicyclic) bond motifs is 1. The quantitative estimate of drug-likeness (QED) is 0.689. The summed E-state index contributed by atoms with van der Waals surface area (Å²) in [4.78, 5) is 28.2. The highest BCUT2D eigenvalue weighted by Gasteiger charge is 2.47. The third kappa shape index (κ3) is 3.31. The van der Waals surface area contributed by atoms with Crippen molar-refractivity contribution in [3.8, 4) is 5.75 Å². The Kier molecular flexibility index (Phi) is 5.16. The molecule has 2 fully saturated rings. The van der Waals surface area contributed by atoms with E-state index in [-0.39, 0.29) is 18.0 Å². The number of aliphatic carboxylic acids is 1. The lowest BCUT2D eigenvalue weighted by atomic mass is 9.87. The summed E-state index contributed by atoms with van der Waals surface area (Å²) in [7, 11) is 3.42. The first kappa shape index (κ1) is 20.9. The summed E-state index contributed by atoms with van der Waals surface area (Å²) in [6, 6.07) is 1.36. The second-order valence-corrected chi connectivity index (χ2v) is 9.19. The third-order valence-electron chi connectivity index (χ3n) is 7.05. The lowest BCUT2D eigenvalue weighted by molar-refractivity contribution is -0.146. The van der Waals surface area contributed by atoms with E-state index in [0.29, 0.717) is 41.7 Å². The number of hydrogen-bond acceptors (Lipinski definition) is 5. The van der Waals surface area contributed by atoms with Crippen LogP contribution in [0.1, 0.15) is 38.7 Å². The largest absolute Gasteiger partial charge is 0.492 e. The molecule has 2 aliphatic heterocycles. The Labute approximate surface area is 176 Å². The minimum atomic E-state index is -1.18. The number of amides is 1. The average Bonchev–Trinajstić information content (AvgIpc) is 3.41. The number of anilines is 2. The van der Waals surface area contributed by atoms with Gasteiger partial charge in [0.25, 0.3) is 0 Å². The van der Waals surface area contributed by atoms with Gasteiger partial charge in [0, 0.05) is 24.7 Å². The van der Waals surface area contributed by atoms with E-state index < -0.39 is 23.6 Å². The molecule has 0 spiro atoms. The molecule has 1 saturated heterocycles. The van der Waals surface area contributed by atoms with Crippen LogP contribution >= 0.6 is 0 Å². The van der Waals surface area contributed by atoms with Gasteiger partial charge in [0.1, 0.15) is 11.6 Å². The minimum Gasteiger partial charge on any atom is -0.492 e. The summed E-state index contributed by atoms with van der Waals surface area (Å²) in [6.45, 7) is 5.65. The second-order valence-electron chi connectivity index (χ2n) is 9.19. The van der Waals surface area contributed by atoms with Gasteiger partial charge in [0.15, 0.2) is 11.6 Å². The molecule has 0 bridgehead atoms. The van der Waals surface area contributed by atoms with Crippen LogP contribution < -0.4 is 19.9 Å². The van der Waals surface area contributed by atoms with E-state index in [4.69, 9.17) is 4.74 Å². The van der Waals surface area contributed by atoms with Gasteiger partial charge in [-0.05, 0) is 64.1 Å². The first-order chi connectivity index (χ1) is 14.2. The van der Waals surface area contributed by atoms with E-state index in [0.717, 1.165) is 19.3 Å². The van der Waals surface area contributed by atoms with E-state index in [1.165, 1.54) is 13.2 Å². The van der Waals surface area contributed by atoms with Crippen molar-refractivity contribution < 1.29 is 23.8 Å². The van der Waals surface area contributed by atoms with Gasteiger partial charge >= 0.3 is 5.97 Å². The van der Waals surface area contributed by atoms with Crippen LogP contribution in [-0.4, -0.2) is 55.8 Å². The molecule has 2 heterocycles. The number of hydrogen-bond donors (Lipinski definition) is 2. The monoisotopic (exact) mass is 419 g/mol. The molecule has 0 aromatic heterocycles. The van der Waals surface area contributed by atoms with Crippen LogP contribution in [-0.2, 0) is 16.0 Å². The van der Waals surface area contributed by atoms with E-state index in [1.807, 2.05) is 11.9 Å². The molecule has 7 nitrogen and oxygen atoms in total. The number of rotatable bonds is 6. The van der Waals surface area contributed by atoms with Crippen LogP contribution in [0.4, 0.5) is 15.8 Å². The summed E-state index contributed by atoms with van der Waals surface area (Å²) >= 11 is 0. The predicted molar refractivity (Wildman–Crippen MR) is 112 cm³/mol. The van der Waals surface area contributed by atoms with Gasteiger partial charge in [-0.25, -0.2) is 4.39 Å². The number of methoxy groups -OCH3 is 1. The molecule has 1 unspecified atom stereocenters. The van der Waals surface area contributed by atoms with Gasteiger partial charge in [0.2, 0.25) is 5.91 Å². The van der Waals surface area contributed by atoms with E-state index >= 15 is 4.39 Å². The minimum absolute atomic E-state index is 0.0182. The number of ether oxygens (including phenoxy) is 1. The molecule has 30 heavy (non-hydrogen) atoms. The van der Waals surface area contributed by atoms with Crippen LogP contribution in [0.15, 0.2) is 6.07 Å². The fraction of sp³-hybridized carbons (Fsp3) is 0.636. The SMILES string of the molecule is CNC(C)(C)C1CCN(c2c(F)cc3c(c2OC)N(C2CC2)C(=O)[C@H](C(=O)O)C3)C1. The van der Waals surface area contributed by atoms with E-state index in [2.05, 4.69) is 19.2 Å². The standard InChI is InChI=1S/C22H30FN3O4/c1-22(2,24-3)13-7-8-25(11-13)18-16(23)10-12-9-15(21(28)29)20(27)26(14-5-6-14)17(12)19(18)30-4/h10,13-15,24H,5-9,11H2,1-4H3,(H,28,29)/t13?,15-/m1/s1. The number of carbonyl (C=O) groups is 2. The smallest absolute Gasteiger partial charge is 0.316 e. The normalized spacial score (nSPS) is 24.2. The van der Waals surface area contributed by atoms with Crippen molar-refractivity contribution in [2.45, 2.75) is 51.1 Å². The van der Waals surface area contributed by atoms with Crippen molar-refractivity contribution in [1.82, 2.24) is 5.32 Å². The molecule has 1 aromatic rings. The first-order valence-electron chi connectivity index (χ1n) is 10.6. The average molecular weight is 419 g/mol. The highest BCUT2D eigenvalue weighted by Crippen LogP contribution is 2.50. The fourth-order valence-corrected chi connectivity index (χ4v) is 4.79. The van der Waals surface area contributed by atoms with Crippen LogP contribution in [0.25, 0.3) is 0 Å². The summed E-state index contributed by atoms with van der Waals surface area (Å²) in [5.41, 5.74) is 1.36. The molecular weight excluding hydrogens is 389 g/mol. The number of nitrogens with one attached hydrogen (secondary N) is 1. The van der Waals surface area contributed by atoms with E-state index in [9.17, 15) is 14.7 Å². The molecule has 3 aliphatic rings. The summed E-state index contributed by atoms with van der Waals surface area (Å²) < 4.78 is 21.1. The molecule has 2 N–H and O–H groups in total. The molecule has 1 aromatic carbocycles. The Morgan fingerprint density at radius 3 is 2.57 bits per heavy atom. The topological polar surface area (TPSA) is 82.1 Å². The number of nitrogens with zero attached hydrogens (tertiary/aromatic N) is 2. The molecule has 1 saturated carbocycles. The van der Waals surface area contributed by atoms with Crippen molar-refractivity contribution in [3.63, 3.8) is 0 Å². The van der Waals surface area contributed by atoms with Gasteiger partial charge in [-0.2, -0.15) is 0 Å². The third-order valence-corrected chi connectivity index (χ3v) is 7.05. The predicted octanol–water partition coefficient (Wildman–Crippen LogP) is 2.41. The summed E-state index contributed by atoms with van der Waals surface area (Å²) in [5.74, 6) is -2.53. The summed E-state index contributed by atoms with van der Waals surface area (Å²) in [5, 5.41) is 12.9. The molecule has 0 radical (unpaired) electrons. The zero-order chi connectivity index (χ0) is 21.8. The molecule has 8 heteroatoms. The van der Waals surface area contributed by atoms with Gasteiger partial charge in [-0.15, -0.1) is 0 Å². The second kappa shape index (κ2) is 7.41. The maximum absolute atomic E-state index is 15.4. The molecule has 4 rings (SSSR count). The van der Waals surface area contributed by atoms with Crippen molar-refractivity contribution >= 4 is 23.3 Å².